The second-order valence-electron chi connectivity index (χ2n) is 4.54. The summed E-state index contributed by atoms with van der Waals surface area (Å²) < 4.78 is 0. The van der Waals surface area contributed by atoms with Crippen molar-refractivity contribution in [1.29, 1.82) is 0 Å². The molecular formula is C13H16ClNO2. The first-order chi connectivity index (χ1) is 8.01. The summed E-state index contributed by atoms with van der Waals surface area (Å²) >= 11 is 5.83. The summed E-state index contributed by atoms with van der Waals surface area (Å²) in [6, 6.07) is 7.27. The summed E-state index contributed by atoms with van der Waals surface area (Å²) in [4.78, 5) is 13.0. The Balaban J connectivity index is 2.11. The molecule has 2 rings (SSSR count). The predicted octanol–water partition coefficient (Wildman–Crippen LogP) is 2.17. The molecule has 1 aliphatic rings. The Morgan fingerprint density at radius 1 is 1.29 bits per heavy atom. The molecule has 0 spiro atoms. The number of hydrogen-bond donors (Lipinski definition) is 1. The highest BCUT2D eigenvalue weighted by atomic mass is 35.5. The monoisotopic (exact) mass is 253 g/mol. The van der Waals surface area contributed by atoms with Gasteiger partial charge in [-0.2, -0.15) is 0 Å². The SMILES string of the molecule is CC(=O)N1CCC(O)(c2ccc(Cl)cc2)CC1. The first-order valence-electron chi connectivity index (χ1n) is 5.75. The molecule has 0 radical (unpaired) electrons. The highest BCUT2D eigenvalue weighted by molar-refractivity contribution is 6.30. The number of benzene rings is 1. The second-order valence-corrected chi connectivity index (χ2v) is 4.98. The van der Waals surface area contributed by atoms with E-state index in [4.69, 9.17) is 11.6 Å². The van der Waals surface area contributed by atoms with E-state index in [1.54, 1.807) is 24.0 Å². The average Bonchev–Trinajstić information content (AvgIpc) is 2.30. The fourth-order valence-corrected chi connectivity index (χ4v) is 2.37. The maximum atomic E-state index is 11.2. The number of aliphatic hydroxyl groups is 1. The summed E-state index contributed by atoms with van der Waals surface area (Å²) in [6.07, 6.45) is 1.16. The van der Waals surface area contributed by atoms with Crippen molar-refractivity contribution in [2.45, 2.75) is 25.4 Å². The minimum absolute atomic E-state index is 0.0724. The predicted molar refractivity (Wildman–Crippen MR) is 66.8 cm³/mol. The Bertz CT molecular complexity index is 408. The second kappa shape index (κ2) is 4.67. The number of halogens is 1. The van der Waals surface area contributed by atoms with E-state index in [0.29, 0.717) is 31.0 Å². The zero-order chi connectivity index (χ0) is 12.5. The number of likely N-dealkylation sites (tertiary alicyclic amines) is 1. The van der Waals surface area contributed by atoms with E-state index >= 15 is 0 Å². The van der Waals surface area contributed by atoms with Crippen LogP contribution in [-0.4, -0.2) is 29.0 Å². The Morgan fingerprint density at radius 2 is 1.82 bits per heavy atom. The minimum Gasteiger partial charge on any atom is -0.385 e. The van der Waals surface area contributed by atoms with E-state index in [1.165, 1.54) is 0 Å². The summed E-state index contributed by atoms with van der Waals surface area (Å²) in [7, 11) is 0. The molecule has 1 heterocycles. The smallest absolute Gasteiger partial charge is 0.219 e. The van der Waals surface area contributed by atoms with Gasteiger partial charge in [-0.25, -0.2) is 0 Å². The van der Waals surface area contributed by atoms with Crippen LogP contribution in [0, 0.1) is 0 Å². The largest absolute Gasteiger partial charge is 0.385 e. The molecule has 0 aliphatic carbocycles. The van der Waals surface area contributed by atoms with Gasteiger partial charge in [0.1, 0.15) is 0 Å². The van der Waals surface area contributed by atoms with Gasteiger partial charge in [0.25, 0.3) is 0 Å². The van der Waals surface area contributed by atoms with Gasteiger partial charge in [0, 0.05) is 25.0 Å². The van der Waals surface area contributed by atoms with Gasteiger partial charge in [-0.15, -0.1) is 0 Å². The lowest BCUT2D eigenvalue weighted by atomic mass is 9.84. The van der Waals surface area contributed by atoms with Gasteiger partial charge < -0.3 is 10.0 Å². The van der Waals surface area contributed by atoms with E-state index < -0.39 is 5.60 Å². The maximum Gasteiger partial charge on any atom is 0.219 e. The molecule has 1 amide bonds. The van der Waals surface area contributed by atoms with Gasteiger partial charge in [0.05, 0.1) is 5.60 Å². The van der Waals surface area contributed by atoms with Crippen molar-refractivity contribution in [3.05, 3.63) is 34.9 Å². The molecule has 0 bridgehead atoms. The Hall–Kier alpha value is -1.06. The van der Waals surface area contributed by atoms with Crippen LogP contribution in [0.2, 0.25) is 5.02 Å². The minimum atomic E-state index is -0.823. The number of piperidine rings is 1. The lowest BCUT2D eigenvalue weighted by Crippen LogP contribution is -2.44. The standard InChI is InChI=1S/C13H16ClNO2/c1-10(16)15-8-6-13(17,7-9-15)11-2-4-12(14)5-3-11/h2-5,17H,6-9H2,1H3. The number of rotatable bonds is 1. The molecule has 3 nitrogen and oxygen atoms in total. The summed E-state index contributed by atoms with van der Waals surface area (Å²) in [5, 5.41) is 11.2. The molecule has 1 N–H and O–H groups in total. The third-order valence-corrected chi connectivity index (χ3v) is 3.67. The van der Waals surface area contributed by atoms with E-state index in [9.17, 15) is 9.90 Å². The van der Waals surface area contributed by atoms with Gasteiger partial charge in [-0.05, 0) is 30.5 Å². The number of amides is 1. The van der Waals surface area contributed by atoms with Crippen LogP contribution in [0.5, 0.6) is 0 Å². The lowest BCUT2D eigenvalue weighted by molar-refractivity contribution is -0.133. The molecule has 0 saturated carbocycles. The van der Waals surface area contributed by atoms with Crippen molar-refractivity contribution in [3.63, 3.8) is 0 Å². The highest BCUT2D eigenvalue weighted by Crippen LogP contribution is 2.33. The highest BCUT2D eigenvalue weighted by Gasteiger charge is 2.34. The van der Waals surface area contributed by atoms with Crippen LogP contribution >= 0.6 is 11.6 Å². The van der Waals surface area contributed by atoms with E-state index in [0.717, 1.165) is 5.56 Å². The van der Waals surface area contributed by atoms with Gasteiger partial charge in [0.2, 0.25) is 5.91 Å². The Labute approximate surface area is 106 Å². The molecule has 0 unspecified atom stereocenters. The van der Waals surface area contributed by atoms with Crippen LogP contribution in [0.15, 0.2) is 24.3 Å². The van der Waals surface area contributed by atoms with Crippen molar-refractivity contribution in [3.8, 4) is 0 Å². The zero-order valence-electron chi connectivity index (χ0n) is 9.82. The number of nitrogens with zero attached hydrogens (tertiary/aromatic N) is 1. The van der Waals surface area contributed by atoms with Gasteiger partial charge in [0.15, 0.2) is 0 Å². The maximum absolute atomic E-state index is 11.2. The molecule has 92 valence electrons. The molecule has 1 aromatic rings. The van der Waals surface area contributed by atoms with Gasteiger partial charge in [-0.1, -0.05) is 23.7 Å². The van der Waals surface area contributed by atoms with Crippen LogP contribution in [0.25, 0.3) is 0 Å². The molecule has 0 aromatic heterocycles. The molecule has 1 saturated heterocycles. The van der Waals surface area contributed by atoms with E-state index in [1.807, 2.05) is 12.1 Å². The van der Waals surface area contributed by atoms with E-state index in [2.05, 4.69) is 0 Å². The molecule has 0 atom stereocenters. The third kappa shape index (κ3) is 2.61. The van der Waals surface area contributed by atoms with Crippen LogP contribution < -0.4 is 0 Å². The molecule has 4 heteroatoms. The van der Waals surface area contributed by atoms with Crippen LogP contribution in [-0.2, 0) is 10.4 Å². The van der Waals surface area contributed by atoms with Crippen molar-refractivity contribution in [2.75, 3.05) is 13.1 Å². The first-order valence-corrected chi connectivity index (χ1v) is 6.13. The van der Waals surface area contributed by atoms with Gasteiger partial charge in [-0.3, -0.25) is 4.79 Å². The average molecular weight is 254 g/mol. The lowest BCUT2D eigenvalue weighted by Gasteiger charge is -2.38. The van der Waals surface area contributed by atoms with Crippen LogP contribution in [0.1, 0.15) is 25.3 Å². The fourth-order valence-electron chi connectivity index (χ4n) is 2.24. The topological polar surface area (TPSA) is 40.5 Å². The fraction of sp³-hybridized carbons (Fsp3) is 0.462. The van der Waals surface area contributed by atoms with Crippen molar-refractivity contribution in [2.24, 2.45) is 0 Å². The van der Waals surface area contributed by atoms with Crippen molar-refractivity contribution in [1.82, 2.24) is 4.90 Å². The number of hydrogen-bond acceptors (Lipinski definition) is 2. The Morgan fingerprint density at radius 3 is 2.29 bits per heavy atom. The molecule has 1 fully saturated rings. The number of carbonyl (C=O) groups excluding carboxylic acids is 1. The first kappa shape index (κ1) is 12.4. The Kier molecular flexibility index (Phi) is 3.40. The summed E-state index contributed by atoms with van der Waals surface area (Å²) in [6.45, 7) is 2.77. The van der Waals surface area contributed by atoms with Crippen molar-refractivity contribution < 1.29 is 9.90 Å². The van der Waals surface area contributed by atoms with Crippen molar-refractivity contribution >= 4 is 17.5 Å². The zero-order valence-corrected chi connectivity index (χ0v) is 10.6. The summed E-state index contributed by atoms with van der Waals surface area (Å²) in [5.41, 5.74) is 0.0568. The normalized spacial score (nSPS) is 19.1. The molecule has 17 heavy (non-hydrogen) atoms. The molecule has 1 aromatic carbocycles. The van der Waals surface area contributed by atoms with Crippen LogP contribution in [0.4, 0.5) is 0 Å². The third-order valence-electron chi connectivity index (χ3n) is 3.42. The quantitative estimate of drug-likeness (QED) is 0.833. The van der Waals surface area contributed by atoms with Crippen LogP contribution in [0.3, 0.4) is 0 Å². The molecular weight excluding hydrogens is 238 g/mol. The molecule has 1 aliphatic heterocycles. The van der Waals surface area contributed by atoms with Gasteiger partial charge >= 0.3 is 0 Å². The summed E-state index contributed by atoms with van der Waals surface area (Å²) in [5.74, 6) is 0.0724. The van der Waals surface area contributed by atoms with E-state index in [-0.39, 0.29) is 5.91 Å². The number of carbonyl (C=O) groups is 1.